The van der Waals surface area contributed by atoms with Crippen molar-refractivity contribution in [2.24, 2.45) is 0 Å². The van der Waals surface area contributed by atoms with Crippen LogP contribution in [0.5, 0.6) is 11.5 Å². The van der Waals surface area contributed by atoms with E-state index in [1.54, 1.807) is 36.4 Å². The van der Waals surface area contributed by atoms with Crippen LogP contribution in [0.15, 0.2) is 66.7 Å². The molecule has 192 valence electrons. The van der Waals surface area contributed by atoms with Crippen LogP contribution >= 0.6 is 0 Å². The first-order chi connectivity index (χ1) is 17.5. The van der Waals surface area contributed by atoms with Crippen LogP contribution in [0.2, 0.25) is 0 Å². The molecule has 4 rings (SSSR count). The molecule has 0 bridgehead atoms. The number of aromatic carboxylic acids is 1. The second-order valence-electron chi connectivity index (χ2n) is 8.65. The maximum absolute atomic E-state index is 13.0. The number of aromatic nitrogens is 3. The van der Waals surface area contributed by atoms with Crippen LogP contribution in [-0.2, 0) is 6.61 Å². The summed E-state index contributed by atoms with van der Waals surface area (Å²) in [4.78, 5) is 11.1. The monoisotopic (exact) mass is 511 g/mol. The molecule has 0 fully saturated rings. The molecule has 1 N–H and O–H groups in total. The maximum Gasteiger partial charge on any atom is 0.573 e. The first-order valence-electron chi connectivity index (χ1n) is 11.4. The molecular formula is C27H24F3N3O4. The van der Waals surface area contributed by atoms with E-state index < -0.39 is 18.1 Å². The highest BCUT2D eigenvalue weighted by Crippen LogP contribution is 2.32. The highest BCUT2D eigenvalue weighted by Gasteiger charge is 2.33. The summed E-state index contributed by atoms with van der Waals surface area (Å²) in [5, 5.41) is 17.4. The molecule has 4 aromatic rings. The number of aryl methyl sites for hydroxylation is 1. The molecule has 0 atom stereocenters. The topological polar surface area (TPSA) is 86.5 Å². The Balaban J connectivity index is 1.61. The van der Waals surface area contributed by atoms with Gasteiger partial charge in [-0.3, -0.25) is 0 Å². The Morgan fingerprint density at radius 3 is 2.38 bits per heavy atom. The van der Waals surface area contributed by atoms with Gasteiger partial charge in [-0.25, -0.2) is 9.48 Å². The van der Waals surface area contributed by atoms with Gasteiger partial charge in [-0.05, 0) is 65.9 Å². The molecule has 0 aliphatic heterocycles. The number of carbonyl (C=O) groups is 1. The molecule has 3 aromatic carbocycles. The van der Waals surface area contributed by atoms with Gasteiger partial charge in [0.2, 0.25) is 0 Å². The number of alkyl halides is 3. The van der Waals surface area contributed by atoms with Gasteiger partial charge in [0.25, 0.3) is 0 Å². The fourth-order valence-corrected chi connectivity index (χ4v) is 3.93. The number of para-hydroxylation sites is 2. The van der Waals surface area contributed by atoms with E-state index in [0.29, 0.717) is 17.1 Å². The van der Waals surface area contributed by atoms with Gasteiger partial charge in [-0.1, -0.05) is 49.4 Å². The molecule has 0 saturated heterocycles. The van der Waals surface area contributed by atoms with Crippen LogP contribution in [0.25, 0.3) is 16.8 Å². The molecule has 10 heteroatoms. The fraction of sp³-hybridized carbons (Fsp3) is 0.222. The predicted molar refractivity (Wildman–Crippen MR) is 130 cm³/mol. The summed E-state index contributed by atoms with van der Waals surface area (Å²) in [6, 6.07) is 17.8. The Bertz CT molecular complexity index is 1410. The Hall–Kier alpha value is -4.34. The van der Waals surface area contributed by atoms with Crippen LogP contribution in [0.3, 0.4) is 0 Å². The third-order valence-corrected chi connectivity index (χ3v) is 5.68. The lowest BCUT2D eigenvalue weighted by atomic mass is 9.99. The normalized spacial score (nSPS) is 11.5. The molecular weight excluding hydrogens is 487 g/mol. The first-order valence-corrected chi connectivity index (χ1v) is 11.4. The lowest BCUT2D eigenvalue weighted by molar-refractivity contribution is -0.274. The lowest BCUT2D eigenvalue weighted by Gasteiger charge is -2.16. The number of benzene rings is 3. The lowest BCUT2D eigenvalue weighted by Crippen LogP contribution is -2.19. The van der Waals surface area contributed by atoms with Crippen molar-refractivity contribution in [3.63, 3.8) is 0 Å². The smallest absolute Gasteiger partial charge is 0.487 e. The number of hydrogen-bond acceptors (Lipinski definition) is 5. The zero-order valence-electron chi connectivity index (χ0n) is 20.3. The van der Waals surface area contributed by atoms with Gasteiger partial charge >= 0.3 is 12.3 Å². The average Bonchev–Trinajstić information content (AvgIpc) is 3.26. The standard InChI is InChI=1S/C27H24F3N3O4/c1-16(2)25-23(33(32-31-25)22-6-4-5-7-24(22)37-27(28,29)30)15-36-20-12-13-21(17(3)14-20)18-8-10-19(11-9-18)26(34)35/h4-14,16H,15H2,1-3H3,(H,34,35). The molecule has 7 nitrogen and oxygen atoms in total. The number of halogens is 3. The van der Waals surface area contributed by atoms with Crippen LogP contribution in [0.4, 0.5) is 13.2 Å². The van der Waals surface area contributed by atoms with Crippen molar-refractivity contribution in [2.45, 2.75) is 39.7 Å². The number of nitrogens with zero attached hydrogens (tertiary/aromatic N) is 3. The van der Waals surface area contributed by atoms with Crippen LogP contribution in [0.1, 0.15) is 47.1 Å². The van der Waals surface area contributed by atoms with Gasteiger partial charge < -0.3 is 14.6 Å². The van der Waals surface area contributed by atoms with Gasteiger partial charge in [-0.2, -0.15) is 0 Å². The predicted octanol–water partition coefficient (Wildman–Crippen LogP) is 6.54. The summed E-state index contributed by atoms with van der Waals surface area (Å²) in [5.41, 5.74) is 4.06. The van der Waals surface area contributed by atoms with E-state index in [-0.39, 0.29) is 23.8 Å². The second-order valence-corrected chi connectivity index (χ2v) is 8.65. The van der Waals surface area contributed by atoms with Crippen molar-refractivity contribution in [1.82, 2.24) is 15.0 Å². The van der Waals surface area contributed by atoms with Gasteiger partial charge in [0.15, 0.2) is 5.75 Å². The average molecular weight is 512 g/mol. The molecule has 1 heterocycles. The van der Waals surface area contributed by atoms with Crippen LogP contribution < -0.4 is 9.47 Å². The van der Waals surface area contributed by atoms with Crippen molar-refractivity contribution >= 4 is 5.97 Å². The summed E-state index contributed by atoms with van der Waals surface area (Å²) < 4.78 is 50.4. The van der Waals surface area contributed by atoms with Crippen LogP contribution in [0, 0.1) is 6.92 Å². The summed E-state index contributed by atoms with van der Waals surface area (Å²) in [7, 11) is 0. The van der Waals surface area contributed by atoms with Gasteiger partial charge in [0.05, 0.1) is 11.3 Å². The van der Waals surface area contributed by atoms with E-state index in [9.17, 15) is 18.0 Å². The zero-order valence-corrected chi connectivity index (χ0v) is 20.3. The van der Waals surface area contributed by atoms with Crippen molar-refractivity contribution in [1.29, 1.82) is 0 Å². The summed E-state index contributed by atoms with van der Waals surface area (Å²) in [5.74, 6) is -0.897. The van der Waals surface area contributed by atoms with Gasteiger partial charge in [0, 0.05) is 0 Å². The largest absolute Gasteiger partial charge is 0.573 e. The van der Waals surface area contributed by atoms with Crippen molar-refractivity contribution < 1.29 is 32.5 Å². The molecule has 0 unspecified atom stereocenters. The highest BCUT2D eigenvalue weighted by atomic mass is 19.4. The molecule has 0 saturated carbocycles. The number of ether oxygens (including phenoxy) is 2. The zero-order chi connectivity index (χ0) is 26.7. The Morgan fingerprint density at radius 1 is 1.05 bits per heavy atom. The second kappa shape index (κ2) is 10.3. The molecule has 0 aliphatic rings. The molecule has 0 radical (unpaired) electrons. The number of carboxylic acid groups (broad SMARTS) is 1. The van der Waals surface area contributed by atoms with E-state index in [4.69, 9.17) is 9.84 Å². The SMILES string of the molecule is Cc1cc(OCc2c(C(C)C)nnn2-c2ccccc2OC(F)(F)F)ccc1-c1ccc(C(=O)O)cc1. The van der Waals surface area contributed by atoms with Gasteiger partial charge in [-0.15, -0.1) is 18.3 Å². The number of rotatable bonds is 8. The Morgan fingerprint density at radius 2 is 1.76 bits per heavy atom. The third kappa shape index (κ3) is 5.91. The van der Waals surface area contributed by atoms with E-state index in [0.717, 1.165) is 16.7 Å². The van der Waals surface area contributed by atoms with E-state index in [2.05, 4.69) is 15.0 Å². The highest BCUT2D eigenvalue weighted by molar-refractivity contribution is 5.88. The molecule has 37 heavy (non-hydrogen) atoms. The van der Waals surface area contributed by atoms with Crippen molar-refractivity contribution in [3.8, 4) is 28.3 Å². The Kier molecular flexibility index (Phi) is 7.19. The number of carboxylic acids is 1. The fourth-order valence-electron chi connectivity index (χ4n) is 3.93. The minimum absolute atomic E-state index is 0.00691. The minimum atomic E-state index is -4.86. The van der Waals surface area contributed by atoms with Crippen molar-refractivity contribution in [3.05, 3.63) is 89.2 Å². The minimum Gasteiger partial charge on any atom is -0.487 e. The van der Waals surface area contributed by atoms with E-state index in [1.165, 1.54) is 22.9 Å². The van der Waals surface area contributed by atoms with Crippen LogP contribution in [-0.4, -0.2) is 32.4 Å². The number of hydrogen-bond donors (Lipinski definition) is 1. The van der Waals surface area contributed by atoms with Gasteiger partial charge in [0.1, 0.15) is 23.7 Å². The summed E-state index contributed by atoms with van der Waals surface area (Å²) in [6.07, 6.45) is -4.86. The quantitative estimate of drug-likeness (QED) is 0.289. The summed E-state index contributed by atoms with van der Waals surface area (Å²) >= 11 is 0. The van der Waals surface area contributed by atoms with E-state index >= 15 is 0 Å². The molecule has 0 spiro atoms. The summed E-state index contributed by atoms with van der Waals surface area (Å²) in [6.45, 7) is 5.73. The molecule has 0 amide bonds. The third-order valence-electron chi connectivity index (χ3n) is 5.68. The van der Waals surface area contributed by atoms with E-state index in [1.807, 2.05) is 32.9 Å². The molecule has 1 aromatic heterocycles. The maximum atomic E-state index is 13.0. The first kappa shape index (κ1) is 25.7. The Labute approximate surface area is 211 Å². The molecule has 0 aliphatic carbocycles. The van der Waals surface area contributed by atoms with Crippen molar-refractivity contribution in [2.75, 3.05) is 0 Å².